The second-order valence-corrected chi connectivity index (χ2v) is 9.31. The maximum atomic E-state index is 12.8. The Morgan fingerprint density at radius 2 is 2.03 bits per heavy atom. The van der Waals surface area contributed by atoms with Crippen LogP contribution >= 0.6 is 11.3 Å². The van der Waals surface area contributed by atoms with Crippen LogP contribution in [0, 0.1) is 12.8 Å². The van der Waals surface area contributed by atoms with Crippen molar-refractivity contribution in [1.29, 1.82) is 0 Å². The number of aryl methyl sites for hydroxylation is 1. The van der Waals surface area contributed by atoms with E-state index in [9.17, 15) is 4.79 Å². The maximum absolute atomic E-state index is 12.8. The molecule has 0 radical (unpaired) electrons. The Kier molecular flexibility index (Phi) is 6.30. The normalized spacial score (nSPS) is 15.9. The molecule has 1 aliphatic heterocycles. The van der Waals surface area contributed by atoms with Gasteiger partial charge in [-0.2, -0.15) is 0 Å². The molecule has 7 heteroatoms. The van der Waals surface area contributed by atoms with Crippen molar-refractivity contribution in [2.24, 2.45) is 5.92 Å². The van der Waals surface area contributed by atoms with E-state index in [2.05, 4.69) is 10.3 Å². The van der Waals surface area contributed by atoms with Crippen molar-refractivity contribution >= 4 is 23.3 Å². The maximum Gasteiger partial charge on any atom is 0.244 e. The number of fused-ring (bicyclic) bond motifs is 1. The predicted molar refractivity (Wildman–Crippen MR) is 128 cm³/mol. The Morgan fingerprint density at radius 3 is 2.82 bits per heavy atom. The van der Waals surface area contributed by atoms with Crippen LogP contribution in [0.4, 0.5) is 0 Å². The highest BCUT2D eigenvalue weighted by Crippen LogP contribution is 2.43. The summed E-state index contributed by atoms with van der Waals surface area (Å²) in [6.07, 6.45) is 5.58. The Balaban J connectivity index is 1.26. The van der Waals surface area contributed by atoms with Gasteiger partial charge in [0.2, 0.25) is 5.91 Å². The van der Waals surface area contributed by atoms with Crippen molar-refractivity contribution in [1.82, 2.24) is 10.3 Å². The molecular weight excluding hydrogens is 436 g/mol. The van der Waals surface area contributed by atoms with E-state index in [1.807, 2.05) is 54.8 Å². The molecule has 2 heterocycles. The number of carbonyl (C=O) groups is 1. The van der Waals surface area contributed by atoms with Crippen LogP contribution in [0.25, 0.3) is 6.08 Å². The number of benzene rings is 2. The lowest BCUT2D eigenvalue weighted by atomic mass is 10.0. The fraction of sp³-hybridized carbons (Fsp3) is 0.308. The molecule has 0 saturated heterocycles. The minimum absolute atomic E-state index is 0.0441. The number of para-hydroxylation sites is 1. The average molecular weight is 463 g/mol. The zero-order chi connectivity index (χ0) is 22.6. The van der Waals surface area contributed by atoms with Crippen LogP contribution in [0.15, 0.2) is 53.9 Å². The summed E-state index contributed by atoms with van der Waals surface area (Å²) in [5.74, 6) is 2.54. The summed E-state index contributed by atoms with van der Waals surface area (Å²) in [5, 5.41) is 6.19. The molecule has 33 heavy (non-hydrogen) atoms. The van der Waals surface area contributed by atoms with E-state index in [0.29, 0.717) is 25.7 Å². The second kappa shape index (κ2) is 9.67. The molecule has 2 aliphatic rings. The van der Waals surface area contributed by atoms with Gasteiger partial charge in [-0.3, -0.25) is 4.79 Å². The highest BCUT2D eigenvalue weighted by molar-refractivity contribution is 7.09. The first kappa shape index (κ1) is 21.5. The van der Waals surface area contributed by atoms with E-state index >= 15 is 0 Å². The average Bonchev–Trinajstić information content (AvgIpc) is 3.60. The smallest absolute Gasteiger partial charge is 0.244 e. The monoisotopic (exact) mass is 462 g/mol. The third-order valence-electron chi connectivity index (χ3n) is 5.69. The predicted octanol–water partition coefficient (Wildman–Crippen LogP) is 5.08. The third-order valence-corrected chi connectivity index (χ3v) is 6.51. The molecule has 3 aromatic rings. The minimum atomic E-state index is -0.133. The molecule has 1 aliphatic carbocycles. The summed E-state index contributed by atoms with van der Waals surface area (Å²) in [4.78, 5) is 17.2. The van der Waals surface area contributed by atoms with Gasteiger partial charge in [0.05, 0.1) is 16.7 Å². The molecular formula is C26H26N2O4S. The molecule has 5 rings (SSSR count). The summed E-state index contributed by atoms with van der Waals surface area (Å²) in [6.45, 7) is 3.48. The highest BCUT2D eigenvalue weighted by atomic mass is 32.1. The zero-order valence-electron chi connectivity index (χ0n) is 18.5. The van der Waals surface area contributed by atoms with Crippen LogP contribution in [0.1, 0.15) is 40.7 Å². The van der Waals surface area contributed by atoms with Crippen LogP contribution in [0.5, 0.6) is 17.2 Å². The fourth-order valence-corrected chi connectivity index (χ4v) is 4.50. The molecule has 170 valence electrons. The fourth-order valence-electron chi connectivity index (χ4n) is 3.90. The van der Waals surface area contributed by atoms with Crippen molar-refractivity contribution < 1.29 is 19.0 Å². The number of nitrogens with zero attached hydrogens (tertiary/aromatic N) is 1. The Labute approximate surface area is 197 Å². The molecule has 1 N–H and O–H groups in total. The molecule has 6 nitrogen and oxygen atoms in total. The Hall–Kier alpha value is -3.32. The van der Waals surface area contributed by atoms with Crippen LogP contribution in [-0.2, 0) is 11.4 Å². The molecule has 0 bridgehead atoms. The summed E-state index contributed by atoms with van der Waals surface area (Å²) < 4.78 is 17.3. The van der Waals surface area contributed by atoms with E-state index in [4.69, 9.17) is 14.2 Å². The Morgan fingerprint density at radius 1 is 1.21 bits per heavy atom. The Bertz CT molecular complexity index is 1170. The van der Waals surface area contributed by atoms with Crippen LogP contribution in [-0.4, -0.2) is 24.1 Å². The number of carbonyl (C=O) groups excluding carboxylic acids is 1. The summed E-state index contributed by atoms with van der Waals surface area (Å²) >= 11 is 1.60. The third kappa shape index (κ3) is 5.37. The number of rotatable bonds is 8. The van der Waals surface area contributed by atoms with Crippen molar-refractivity contribution in [3.05, 3.63) is 75.7 Å². The summed E-state index contributed by atoms with van der Waals surface area (Å²) in [5.41, 5.74) is 2.80. The first-order chi connectivity index (χ1) is 16.2. The van der Waals surface area contributed by atoms with Crippen molar-refractivity contribution in [2.45, 2.75) is 32.4 Å². The van der Waals surface area contributed by atoms with Crippen LogP contribution in [0.3, 0.4) is 0 Å². The second-order valence-electron chi connectivity index (χ2n) is 8.24. The van der Waals surface area contributed by atoms with E-state index < -0.39 is 0 Å². The summed E-state index contributed by atoms with van der Waals surface area (Å²) in [7, 11) is 0. The van der Waals surface area contributed by atoms with Crippen LogP contribution in [0.2, 0.25) is 0 Å². The molecule has 0 spiro atoms. The van der Waals surface area contributed by atoms with E-state index in [0.717, 1.165) is 51.9 Å². The molecule has 1 fully saturated rings. The van der Waals surface area contributed by atoms with Gasteiger partial charge in [0.25, 0.3) is 0 Å². The lowest BCUT2D eigenvalue weighted by Gasteiger charge is -2.22. The lowest BCUT2D eigenvalue weighted by molar-refractivity contribution is -0.117. The van der Waals surface area contributed by atoms with Gasteiger partial charge in [-0.05, 0) is 55.5 Å². The standard InChI is InChI=1S/C26H26N2O4S/c1-17-27-21(16-33-17)15-32-22-5-3-2-4-18(22)9-11-25(29)28-26(19-6-7-19)20-8-10-23-24(14-20)31-13-12-30-23/h2-5,8-11,14,16,19,26H,6-7,12-13,15H2,1H3,(H,28,29). The van der Waals surface area contributed by atoms with Crippen molar-refractivity contribution in [2.75, 3.05) is 13.2 Å². The van der Waals surface area contributed by atoms with Gasteiger partial charge in [0.1, 0.15) is 25.6 Å². The molecule has 1 saturated carbocycles. The molecule has 1 aromatic heterocycles. The van der Waals surface area contributed by atoms with Gasteiger partial charge in [-0.25, -0.2) is 4.98 Å². The van der Waals surface area contributed by atoms with E-state index in [1.54, 1.807) is 23.5 Å². The first-order valence-electron chi connectivity index (χ1n) is 11.2. The zero-order valence-corrected chi connectivity index (χ0v) is 19.3. The number of thiazole rings is 1. The van der Waals surface area contributed by atoms with Gasteiger partial charge < -0.3 is 19.5 Å². The first-order valence-corrected chi connectivity index (χ1v) is 12.0. The van der Waals surface area contributed by atoms with Gasteiger partial charge >= 0.3 is 0 Å². The number of hydrogen-bond acceptors (Lipinski definition) is 6. The quantitative estimate of drug-likeness (QED) is 0.473. The van der Waals surface area contributed by atoms with Crippen molar-refractivity contribution in [3.63, 3.8) is 0 Å². The van der Waals surface area contributed by atoms with Gasteiger partial charge in [-0.15, -0.1) is 11.3 Å². The van der Waals surface area contributed by atoms with Gasteiger partial charge in [0.15, 0.2) is 11.5 Å². The largest absolute Gasteiger partial charge is 0.487 e. The number of nitrogens with one attached hydrogen (secondary N) is 1. The number of ether oxygens (including phenoxy) is 3. The van der Waals surface area contributed by atoms with Gasteiger partial charge in [-0.1, -0.05) is 24.3 Å². The molecule has 2 aromatic carbocycles. The molecule has 1 unspecified atom stereocenters. The van der Waals surface area contributed by atoms with Gasteiger partial charge in [0, 0.05) is 17.0 Å². The molecule has 1 atom stereocenters. The number of amides is 1. The molecule has 1 amide bonds. The lowest BCUT2D eigenvalue weighted by Crippen LogP contribution is -2.28. The van der Waals surface area contributed by atoms with Crippen molar-refractivity contribution in [3.8, 4) is 17.2 Å². The topological polar surface area (TPSA) is 69.7 Å². The van der Waals surface area contributed by atoms with Crippen LogP contribution < -0.4 is 19.5 Å². The number of aromatic nitrogens is 1. The summed E-state index contributed by atoms with van der Waals surface area (Å²) in [6, 6.07) is 13.6. The number of hydrogen-bond donors (Lipinski definition) is 1. The van der Waals surface area contributed by atoms with E-state index in [-0.39, 0.29) is 11.9 Å². The SMILES string of the molecule is Cc1nc(COc2ccccc2C=CC(=O)NC(c2ccc3c(c2)OCCO3)C2CC2)cs1. The van der Waals surface area contributed by atoms with E-state index in [1.165, 1.54) is 0 Å². The minimum Gasteiger partial charge on any atom is -0.487 e. The highest BCUT2D eigenvalue weighted by Gasteiger charge is 2.33.